The summed E-state index contributed by atoms with van der Waals surface area (Å²) in [5.74, 6) is 0. The van der Waals surface area contributed by atoms with Gasteiger partial charge in [-0.3, -0.25) is 0 Å². The van der Waals surface area contributed by atoms with Gasteiger partial charge in [-0.1, -0.05) is 19.1 Å². The molecule has 90 valence electrons. The van der Waals surface area contributed by atoms with Gasteiger partial charge in [0.15, 0.2) is 0 Å². The first-order chi connectivity index (χ1) is 8.15. The number of rotatable bonds is 4. The minimum absolute atomic E-state index is 0.160. The third-order valence-electron chi connectivity index (χ3n) is 2.48. The summed E-state index contributed by atoms with van der Waals surface area (Å²) < 4.78 is 0. The highest BCUT2D eigenvalue weighted by atomic mass is 16.2. The van der Waals surface area contributed by atoms with E-state index in [0.29, 0.717) is 6.42 Å². The summed E-state index contributed by atoms with van der Waals surface area (Å²) in [4.78, 5) is 11.5. The molecule has 0 heterocycles. The molecule has 0 aliphatic heterocycles. The molecule has 1 atom stereocenters. The molecule has 1 unspecified atom stereocenters. The van der Waals surface area contributed by atoms with Gasteiger partial charge >= 0.3 is 6.03 Å². The molecular weight excluding hydrogens is 214 g/mol. The van der Waals surface area contributed by atoms with E-state index in [1.807, 2.05) is 26.0 Å². The van der Waals surface area contributed by atoms with Crippen LogP contribution in [0.25, 0.3) is 0 Å². The Kier molecular flexibility index (Phi) is 5.02. The van der Waals surface area contributed by atoms with Gasteiger partial charge in [-0.05, 0) is 31.0 Å². The van der Waals surface area contributed by atoms with Gasteiger partial charge in [-0.15, -0.1) is 0 Å². The van der Waals surface area contributed by atoms with Crippen molar-refractivity contribution in [2.75, 3.05) is 5.32 Å². The van der Waals surface area contributed by atoms with Crippen molar-refractivity contribution >= 4 is 11.7 Å². The second-order valence-corrected chi connectivity index (χ2v) is 3.94. The van der Waals surface area contributed by atoms with Crippen LogP contribution in [-0.2, 0) is 6.42 Å². The van der Waals surface area contributed by atoms with Gasteiger partial charge in [0.1, 0.15) is 0 Å². The van der Waals surface area contributed by atoms with Crippen LogP contribution in [0.2, 0.25) is 0 Å². The number of amides is 2. The zero-order valence-corrected chi connectivity index (χ0v) is 10.2. The van der Waals surface area contributed by atoms with E-state index in [2.05, 4.69) is 16.7 Å². The number of hydrogen-bond acceptors (Lipinski definition) is 2. The van der Waals surface area contributed by atoms with E-state index in [4.69, 9.17) is 5.26 Å². The average Bonchev–Trinajstić information content (AvgIpc) is 2.31. The van der Waals surface area contributed by atoms with Gasteiger partial charge in [0.05, 0.1) is 12.5 Å². The Bertz CT molecular complexity index is 406. The molecule has 4 heteroatoms. The van der Waals surface area contributed by atoms with Gasteiger partial charge in [-0.2, -0.15) is 5.26 Å². The van der Waals surface area contributed by atoms with E-state index in [1.165, 1.54) is 0 Å². The lowest BCUT2D eigenvalue weighted by atomic mass is 10.1. The monoisotopic (exact) mass is 231 g/mol. The molecule has 1 aromatic carbocycles. The molecule has 2 N–H and O–H groups in total. The highest BCUT2D eigenvalue weighted by Crippen LogP contribution is 2.09. The van der Waals surface area contributed by atoms with Crippen LogP contribution >= 0.6 is 0 Å². The quantitative estimate of drug-likeness (QED) is 0.836. The van der Waals surface area contributed by atoms with Gasteiger partial charge in [-0.25, -0.2) is 4.79 Å². The first kappa shape index (κ1) is 13.0. The van der Waals surface area contributed by atoms with E-state index in [-0.39, 0.29) is 12.1 Å². The molecule has 2 amide bonds. The molecule has 0 bridgehead atoms. The summed E-state index contributed by atoms with van der Waals surface area (Å²) in [7, 11) is 0. The van der Waals surface area contributed by atoms with Gasteiger partial charge < -0.3 is 10.6 Å². The number of carbonyl (C=O) groups is 1. The van der Waals surface area contributed by atoms with Gasteiger partial charge in [0, 0.05) is 11.7 Å². The number of urea groups is 1. The fourth-order valence-electron chi connectivity index (χ4n) is 1.29. The molecular formula is C13H17N3O. The highest BCUT2D eigenvalue weighted by molar-refractivity contribution is 5.89. The molecule has 17 heavy (non-hydrogen) atoms. The fraction of sp³-hybridized carbons (Fsp3) is 0.385. The van der Waals surface area contributed by atoms with Crippen LogP contribution in [0.4, 0.5) is 10.5 Å². The maximum Gasteiger partial charge on any atom is 0.319 e. The maximum absolute atomic E-state index is 11.5. The van der Waals surface area contributed by atoms with Crippen molar-refractivity contribution in [2.24, 2.45) is 0 Å². The van der Waals surface area contributed by atoms with Crippen LogP contribution in [0, 0.1) is 11.3 Å². The first-order valence-electron chi connectivity index (χ1n) is 5.69. The predicted molar refractivity (Wildman–Crippen MR) is 67.7 cm³/mol. The Labute approximate surface area is 102 Å². The molecule has 0 radical (unpaired) electrons. The molecule has 1 rings (SSSR count). The van der Waals surface area contributed by atoms with Crippen molar-refractivity contribution in [2.45, 2.75) is 32.7 Å². The van der Waals surface area contributed by atoms with Crippen LogP contribution < -0.4 is 10.6 Å². The van der Waals surface area contributed by atoms with E-state index in [9.17, 15) is 4.79 Å². The average molecular weight is 231 g/mol. The molecule has 0 saturated carbocycles. The Hall–Kier alpha value is -2.02. The van der Waals surface area contributed by atoms with Crippen LogP contribution in [0.15, 0.2) is 24.3 Å². The SMILES string of the molecule is CCC(C)NC(=O)Nc1ccc(CC#N)cc1. The Morgan fingerprint density at radius 2 is 2.06 bits per heavy atom. The van der Waals surface area contributed by atoms with Gasteiger partial charge in [0.2, 0.25) is 0 Å². The van der Waals surface area contributed by atoms with Crippen molar-refractivity contribution in [1.82, 2.24) is 5.32 Å². The highest BCUT2D eigenvalue weighted by Gasteiger charge is 2.04. The second kappa shape index (κ2) is 6.54. The van der Waals surface area contributed by atoms with Crippen molar-refractivity contribution in [3.05, 3.63) is 29.8 Å². The first-order valence-corrected chi connectivity index (χ1v) is 5.69. The lowest BCUT2D eigenvalue weighted by Gasteiger charge is -2.12. The van der Waals surface area contributed by atoms with Gasteiger partial charge in [0.25, 0.3) is 0 Å². The summed E-state index contributed by atoms with van der Waals surface area (Å²) in [6.07, 6.45) is 1.29. The molecule has 0 saturated heterocycles. The van der Waals surface area contributed by atoms with Crippen molar-refractivity contribution < 1.29 is 4.79 Å². The smallest absolute Gasteiger partial charge is 0.319 e. The summed E-state index contributed by atoms with van der Waals surface area (Å²) in [6, 6.07) is 9.30. The summed E-state index contributed by atoms with van der Waals surface area (Å²) in [5.41, 5.74) is 1.67. The minimum Gasteiger partial charge on any atom is -0.335 e. The Balaban J connectivity index is 2.52. The Morgan fingerprint density at radius 3 is 2.59 bits per heavy atom. The lowest BCUT2D eigenvalue weighted by Crippen LogP contribution is -2.35. The van der Waals surface area contributed by atoms with E-state index >= 15 is 0 Å². The van der Waals surface area contributed by atoms with E-state index in [0.717, 1.165) is 17.7 Å². The number of benzene rings is 1. The van der Waals surface area contributed by atoms with Crippen LogP contribution in [-0.4, -0.2) is 12.1 Å². The topological polar surface area (TPSA) is 64.9 Å². The summed E-state index contributed by atoms with van der Waals surface area (Å²) >= 11 is 0. The molecule has 0 spiro atoms. The zero-order valence-electron chi connectivity index (χ0n) is 10.2. The minimum atomic E-state index is -0.201. The fourth-order valence-corrected chi connectivity index (χ4v) is 1.29. The van der Waals surface area contributed by atoms with Crippen LogP contribution in [0.1, 0.15) is 25.8 Å². The number of nitrogens with one attached hydrogen (secondary N) is 2. The van der Waals surface area contributed by atoms with Crippen molar-refractivity contribution in [3.63, 3.8) is 0 Å². The number of anilines is 1. The third kappa shape index (κ3) is 4.56. The standard InChI is InChI=1S/C13H17N3O/c1-3-10(2)15-13(17)16-12-6-4-11(5-7-12)8-9-14/h4-7,10H,3,8H2,1-2H3,(H2,15,16,17). The summed E-state index contributed by atoms with van der Waals surface area (Å²) in [5, 5.41) is 14.1. The lowest BCUT2D eigenvalue weighted by molar-refractivity contribution is 0.249. The zero-order chi connectivity index (χ0) is 12.7. The normalized spacial score (nSPS) is 11.4. The third-order valence-corrected chi connectivity index (χ3v) is 2.48. The van der Waals surface area contributed by atoms with Crippen molar-refractivity contribution in [3.8, 4) is 6.07 Å². The molecule has 0 aliphatic carbocycles. The van der Waals surface area contributed by atoms with Crippen molar-refractivity contribution in [1.29, 1.82) is 5.26 Å². The number of nitrogens with zero attached hydrogens (tertiary/aromatic N) is 1. The predicted octanol–water partition coefficient (Wildman–Crippen LogP) is 2.67. The second-order valence-electron chi connectivity index (χ2n) is 3.94. The molecule has 0 fully saturated rings. The number of hydrogen-bond donors (Lipinski definition) is 2. The van der Waals surface area contributed by atoms with Crippen LogP contribution in [0.3, 0.4) is 0 Å². The largest absolute Gasteiger partial charge is 0.335 e. The molecule has 0 aromatic heterocycles. The van der Waals surface area contributed by atoms with E-state index in [1.54, 1.807) is 12.1 Å². The Morgan fingerprint density at radius 1 is 1.41 bits per heavy atom. The number of carbonyl (C=O) groups excluding carboxylic acids is 1. The molecule has 0 aliphatic rings. The summed E-state index contributed by atoms with van der Waals surface area (Å²) in [6.45, 7) is 3.97. The number of nitriles is 1. The molecule has 1 aromatic rings. The van der Waals surface area contributed by atoms with Crippen LogP contribution in [0.5, 0.6) is 0 Å². The maximum atomic E-state index is 11.5. The van der Waals surface area contributed by atoms with E-state index < -0.39 is 0 Å². The molecule has 4 nitrogen and oxygen atoms in total.